The first-order chi connectivity index (χ1) is 19.5. The Hall–Kier alpha value is -4.01. The minimum atomic E-state index is -0.540. The van der Waals surface area contributed by atoms with E-state index in [2.05, 4.69) is 5.32 Å². The number of allylic oxidation sites excluding steroid dienone is 2. The van der Waals surface area contributed by atoms with Crippen LogP contribution < -0.4 is 5.32 Å². The van der Waals surface area contributed by atoms with Gasteiger partial charge in [0, 0.05) is 38.2 Å². The summed E-state index contributed by atoms with van der Waals surface area (Å²) in [5, 5.41) is 25.4. The van der Waals surface area contributed by atoms with Crippen LogP contribution in [0.15, 0.2) is 84.6 Å². The first-order valence-corrected chi connectivity index (χ1v) is 14.3. The standard InChI is InChI=1S/C31H34N4O2S.CH4O/c1-23-8-6-7-11-28(23)30-18-25(12-13-29(30)31(37)34-26(22-36)15-17-38-2)21-35(27(19-33)14-16-32)20-24-9-4-3-5-10-24;1-2/h3-14,16,18-19,22,26,32-33H,15,17,20-21H2,1-2H3,(H,34,37);2H,1H3/b27-14+,32-16?,33-19?;. The summed E-state index contributed by atoms with van der Waals surface area (Å²) in [6.07, 6.45) is 7.40. The van der Waals surface area contributed by atoms with Gasteiger partial charge < -0.3 is 30.9 Å². The molecule has 3 aromatic carbocycles. The molecule has 3 aromatic rings. The number of benzene rings is 3. The Balaban J connectivity index is 0.00000274. The fourth-order valence-corrected chi connectivity index (χ4v) is 4.73. The third-order valence-electron chi connectivity index (χ3n) is 6.23. The first-order valence-electron chi connectivity index (χ1n) is 12.9. The molecule has 0 aliphatic carbocycles. The number of hydrogen-bond donors (Lipinski definition) is 4. The molecule has 0 heterocycles. The maximum Gasteiger partial charge on any atom is 0.252 e. The van der Waals surface area contributed by atoms with Crippen LogP contribution in [0.25, 0.3) is 11.1 Å². The largest absolute Gasteiger partial charge is 0.400 e. The van der Waals surface area contributed by atoms with Crippen LogP contribution in [0.2, 0.25) is 0 Å². The van der Waals surface area contributed by atoms with Crippen LogP contribution in [0.4, 0.5) is 0 Å². The molecule has 1 amide bonds. The molecule has 3 rings (SSSR count). The van der Waals surface area contributed by atoms with Crippen LogP contribution in [0, 0.1) is 17.7 Å². The van der Waals surface area contributed by atoms with Gasteiger partial charge in [0.1, 0.15) is 6.29 Å². The second-order valence-corrected chi connectivity index (χ2v) is 9.92. The second-order valence-electron chi connectivity index (χ2n) is 8.94. The number of carbonyl (C=O) groups is 2. The maximum atomic E-state index is 13.3. The van der Waals surface area contributed by atoms with E-state index in [9.17, 15) is 9.59 Å². The van der Waals surface area contributed by atoms with Crippen molar-refractivity contribution in [2.45, 2.75) is 32.5 Å². The number of aryl methyl sites for hydroxylation is 1. The lowest BCUT2D eigenvalue weighted by Gasteiger charge is -2.26. The highest BCUT2D eigenvalue weighted by atomic mass is 32.2. The Morgan fingerprint density at radius 3 is 2.27 bits per heavy atom. The molecule has 0 fully saturated rings. The van der Waals surface area contributed by atoms with Gasteiger partial charge in [-0.1, -0.05) is 60.7 Å². The van der Waals surface area contributed by atoms with E-state index in [0.29, 0.717) is 30.8 Å². The van der Waals surface area contributed by atoms with E-state index in [-0.39, 0.29) is 5.91 Å². The number of amides is 1. The predicted molar refractivity (Wildman–Crippen MR) is 166 cm³/mol. The molecule has 0 saturated heterocycles. The van der Waals surface area contributed by atoms with E-state index in [1.807, 2.05) is 90.9 Å². The van der Waals surface area contributed by atoms with E-state index in [1.165, 1.54) is 12.4 Å². The molecule has 40 heavy (non-hydrogen) atoms. The first kappa shape index (κ1) is 32.2. The van der Waals surface area contributed by atoms with E-state index >= 15 is 0 Å². The number of nitrogens with one attached hydrogen (secondary N) is 3. The van der Waals surface area contributed by atoms with Crippen molar-refractivity contribution < 1.29 is 14.7 Å². The van der Waals surface area contributed by atoms with Gasteiger partial charge in [-0.05, 0) is 71.4 Å². The highest BCUT2D eigenvalue weighted by Crippen LogP contribution is 2.29. The highest BCUT2D eigenvalue weighted by molar-refractivity contribution is 7.98. The Morgan fingerprint density at radius 2 is 1.65 bits per heavy atom. The number of hydrogen-bond acceptors (Lipinski definition) is 7. The zero-order valence-corrected chi connectivity index (χ0v) is 24.1. The van der Waals surface area contributed by atoms with Gasteiger partial charge in [-0.3, -0.25) is 4.79 Å². The summed E-state index contributed by atoms with van der Waals surface area (Å²) < 4.78 is 0. The summed E-state index contributed by atoms with van der Waals surface area (Å²) in [5.41, 5.74) is 5.95. The molecule has 0 spiro atoms. The van der Waals surface area contributed by atoms with Crippen LogP contribution in [0.1, 0.15) is 33.5 Å². The van der Waals surface area contributed by atoms with Gasteiger partial charge >= 0.3 is 0 Å². The van der Waals surface area contributed by atoms with Crippen molar-refractivity contribution in [3.05, 3.63) is 107 Å². The number of rotatable bonds is 14. The van der Waals surface area contributed by atoms with Crippen molar-refractivity contribution in [2.24, 2.45) is 0 Å². The topological polar surface area (TPSA) is 117 Å². The highest BCUT2D eigenvalue weighted by Gasteiger charge is 2.19. The molecule has 0 radical (unpaired) electrons. The van der Waals surface area contributed by atoms with Gasteiger partial charge in [-0.2, -0.15) is 11.8 Å². The summed E-state index contributed by atoms with van der Waals surface area (Å²) in [7, 11) is 1.00. The van der Waals surface area contributed by atoms with E-state index in [1.54, 1.807) is 17.8 Å². The minimum Gasteiger partial charge on any atom is -0.400 e. The number of thioether (sulfide) groups is 1. The van der Waals surface area contributed by atoms with Gasteiger partial charge in [0.2, 0.25) is 0 Å². The second kappa shape index (κ2) is 17.6. The van der Waals surface area contributed by atoms with Crippen LogP contribution >= 0.6 is 11.8 Å². The van der Waals surface area contributed by atoms with Crippen LogP contribution in [-0.4, -0.2) is 59.8 Å². The molecule has 0 aromatic heterocycles. The van der Waals surface area contributed by atoms with Gasteiger partial charge in [0.25, 0.3) is 5.91 Å². The molecular weight excluding hydrogens is 520 g/mol. The Morgan fingerprint density at radius 1 is 0.975 bits per heavy atom. The van der Waals surface area contributed by atoms with Crippen molar-refractivity contribution in [2.75, 3.05) is 19.1 Å². The summed E-state index contributed by atoms with van der Waals surface area (Å²) in [5.74, 6) is 0.501. The Labute approximate surface area is 241 Å². The summed E-state index contributed by atoms with van der Waals surface area (Å²) in [6, 6.07) is 23.1. The third-order valence-corrected chi connectivity index (χ3v) is 6.88. The molecule has 8 heteroatoms. The number of aliphatic hydroxyl groups is 1. The Kier molecular flexibility index (Phi) is 14.1. The maximum absolute atomic E-state index is 13.3. The summed E-state index contributed by atoms with van der Waals surface area (Å²) in [4.78, 5) is 27.0. The molecule has 1 unspecified atom stereocenters. The van der Waals surface area contributed by atoms with E-state index in [4.69, 9.17) is 15.9 Å². The SMILES string of the molecule is CO.CSCCC(C=O)NC(=O)c1ccc(CN(Cc2ccccc2)/C(C=N)=C/C=N)cc1-c1ccccc1C. The molecule has 7 nitrogen and oxygen atoms in total. The van der Waals surface area contributed by atoms with Crippen molar-refractivity contribution in [3.63, 3.8) is 0 Å². The molecular formula is C32H38N4O3S. The van der Waals surface area contributed by atoms with Crippen molar-refractivity contribution in [3.8, 4) is 11.1 Å². The average molecular weight is 559 g/mol. The third kappa shape index (κ3) is 9.32. The number of aldehydes is 1. The number of aliphatic hydroxyl groups excluding tert-OH is 1. The van der Waals surface area contributed by atoms with E-state index in [0.717, 1.165) is 47.0 Å². The van der Waals surface area contributed by atoms with Crippen molar-refractivity contribution in [1.29, 1.82) is 10.8 Å². The van der Waals surface area contributed by atoms with Gasteiger partial charge in [-0.15, -0.1) is 0 Å². The lowest BCUT2D eigenvalue weighted by molar-refractivity contribution is -0.109. The molecule has 210 valence electrons. The molecule has 4 N–H and O–H groups in total. The smallest absolute Gasteiger partial charge is 0.252 e. The molecule has 0 bridgehead atoms. The van der Waals surface area contributed by atoms with E-state index < -0.39 is 6.04 Å². The number of nitrogens with zero attached hydrogens (tertiary/aromatic N) is 1. The lowest BCUT2D eigenvalue weighted by atomic mass is 9.93. The Bertz CT molecular complexity index is 1290. The normalized spacial score (nSPS) is 11.4. The summed E-state index contributed by atoms with van der Waals surface area (Å²) >= 11 is 1.64. The lowest BCUT2D eigenvalue weighted by Crippen LogP contribution is -2.36. The molecule has 0 aliphatic rings. The fourth-order valence-electron chi connectivity index (χ4n) is 4.24. The monoisotopic (exact) mass is 558 g/mol. The zero-order chi connectivity index (χ0) is 29.3. The number of carbonyl (C=O) groups excluding carboxylic acids is 2. The quantitative estimate of drug-likeness (QED) is 0.154. The average Bonchev–Trinajstić information content (AvgIpc) is 2.99. The molecule has 0 saturated carbocycles. The molecule has 1 atom stereocenters. The van der Waals surface area contributed by atoms with Crippen LogP contribution in [0.3, 0.4) is 0 Å². The van der Waals surface area contributed by atoms with Crippen LogP contribution in [-0.2, 0) is 17.9 Å². The van der Waals surface area contributed by atoms with Gasteiger partial charge in [0.15, 0.2) is 0 Å². The van der Waals surface area contributed by atoms with Crippen molar-refractivity contribution >= 4 is 36.4 Å². The summed E-state index contributed by atoms with van der Waals surface area (Å²) in [6.45, 7) is 3.06. The zero-order valence-electron chi connectivity index (χ0n) is 23.3. The van der Waals surface area contributed by atoms with Gasteiger partial charge in [-0.25, -0.2) is 0 Å². The van der Waals surface area contributed by atoms with Crippen molar-refractivity contribution in [1.82, 2.24) is 10.2 Å². The van der Waals surface area contributed by atoms with Crippen LogP contribution in [0.5, 0.6) is 0 Å². The fraction of sp³-hybridized carbons (Fsp3) is 0.250. The predicted octanol–water partition coefficient (Wildman–Crippen LogP) is 5.51. The minimum absolute atomic E-state index is 0.280. The van der Waals surface area contributed by atoms with Gasteiger partial charge in [0.05, 0.1) is 11.7 Å². The molecule has 0 aliphatic heterocycles.